The van der Waals surface area contributed by atoms with Gasteiger partial charge in [-0.15, -0.1) is 0 Å². The monoisotopic (exact) mass is 582 g/mol. The predicted octanol–water partition coefficient (Wildman–Crippen LogP) is 5.47. The van der Waals surface area contributed by atoms with E-state index in [-0.39, 0.29) is 17.7 Å². The van der Waals surface area contributed by atoms with Gasteiger partial charge in [0.05, 0.1) is 22.4 Å². The van der Waals surface area contributed by atoms with E-state index in [9.17, 15) is 9.59 Å². The molecule has 1 aliphatic heterocycles. The van der Waals surface area contributed by atoms with E-state index in [4.69, 9.17) is 20.8 Å². The van der Waals surface area contributed by atoms with E-state index in [0.717, 1.165) is 15.6 Å². The second-order valence-corrected chi connectivity index (χ2v) is 10.4. The number of nitrogens with zero attached hydrogens (tertiary/aromatic N) is 2. The van der Waals surface area contributed by atoms with Crippen LogP contribution >= 0.6 is 38.9 Å². The van der Waals surface area contributed by atoms with Crippen molar-refractivity contribution in [3.05, 3.63) is 112 Å². The lowest BCUT2D eigenvalue weighted by Crippen LogP contribution is -2.39. The molecule has 6 nitrogen and oxygen atoms in total. The fraction of sp³-hybridized carbons (Fsp3) is 0.148. The van der Waals surface area contributed by atoms with Crippen LogP contribution in [0.15, 0.2) is 90.6 Å². The van der Waals surface area contributed by atoms with Gasteiger partial charge in [-0.2, -0.15) is 0 Å². The molecule has 2 aromatic heterocycles. The average molecular weight is 584 g/mol. The third-order valence-corrected chi connectivity index (χ3v) is 7.47. The van der Waals surface area contributed by atoms with Gasteiger partial charge in [0.25, 0.3) is 5.56 Å². The minimum absolute atomic E-state index is 0.200. The van der Waals surface area contributed by atoms with Gasteiger partial charge in [0.1, 0.15) is 17.6 Å². The third kappa shape index (κ3) is 4.64. The molecule has 5 rings (SSSR count). The zero-order valence-corrected chi connectivity index (χ0v) is 22.5. The van der Waals surface area contributed by atoms with Crippen LogP contribution < -0.4 is 14.9 Å². The summed E-state index contributed by atoms with van der Waals surface area (Å²) in [5, 5.41) is 0.614. The van der Waals surface area contributed by atoms with Gasteiger partial charge in [-0.1, -0.05) is 63.1 Å². The number of rotatable bonds is 5. The van der Waals surface area contributed by atoms with Gasteiger partial charge < -0.3 is 9.15 Å². The van der Waals surface area contributed by atoms with Crippen LogP contribution in [-0.2, 0) is 9.53 Å². The maximum Gasteiger partial charge on any atom is 0.338 e. The predicted molar refractivity (Wildman–Crippen MR) is 144 cm³/mol. The normalized spacial score (nSPS) is 15.6. The van der Waals surface area contributed by atoms with Crippen LogP contribution in [0.1, 0.15) is 31.2 Å². The zero-order chi connectivity index (χ0) is 25.4. The van der Waals surface area contributed by atoms with Gasteiger partial charge >= 0.3 is 5.97 Å². The Morgan fingerprint density at radius 3 is 2.58 bits per heavy atom. The Kier molecular flexibility index (Phi) is 6.83. The van der Waals surface area contributed by atoms with E-state index in [1.807, 2.05) is 42.5 Å². The molecule has 182 valence electrons. The minimum atomic E-state index is -0.808. The Labute approximate surface area is 224 Å². The number of thiazole rings is 1. The lowest BCUT2D eigenvalue weighted by molar-refractivity contribution is -0.139. The van der Waals surface area contributed by atoms with E-state index in [2.05, 4.69) is 20.9 Å². The van der Waals surface area contributed by atoms with E-state index >= 15 is 0 Å². The molecular formula is C27H20BrClN2O4S. The number of ether oxygens (including phenoxy) is 1. The summed E-state index contributed by atoms with van der Waals surface area (Å²) >= 11 is 10.7. The number of furan rings is 1. The maximum absolute atomic E-state index is 13.7. The summed E-state index contributed by atoms with van der Waals surface area (Å²) in [6, 6.07) is 17.7. The number of allylic oxidation sites excluding steroid dienone is 1. The van der Waals surface area contributed by atoms with Gasteiger partial charge in [0.2, 0.25) is 0 Å². The highest BCUT2D eigenvalue weighted by molar-refractivity contribution is 9.10. The second-order valence-electron chi connectivity index (χ2n) is 8.06. The Morgan fingerprint density at radius 1 is 1.17 bits per heavy atom. The van der Waals surface area contributed by atoms with E-state index in [1.54, 1.807) is 38.1 Å². The fourth-order valence-corrected chi connectivity index (χ4v) is 5.48. The number of esters is 1. The summed E-state index contributed by atoms with van der Waals surface area (Å²) in [5.41, 5.74) is 2.20. The van der Waals surface area contributed by atoms with Gasteiger partial charge in [-0.3, -0.25) is 9.36 Å². The van der Waals surface area contributed by atoms with Crippen molar-refractivity contribution in [3.63, 3.8) is 0 Å². The number of aromatic nitrogens is 1. The molecule has 0 saturated carbocycles. The molecule has 9 heteroatoms. The summed E-state index contributed by atoms with van der Waals surface area (Å²) in [5.74, 6) is 0.542. The lowest BCUT2D eigenvalue weighted by Gasteiger charge is -2.22. The Hall–Kier alpha value is -3.20. The van der Waals surface area contributed by atoms with E-state index in [1.165, 1.54) is 15.9 Å². The summed E-state index contributed by atoms with van der Waals surface area (Å²) in [7, 11) is 0. The van der Waals surface area contributed by atoms with Crippen LogP contribution in [0.5, 0.6) is 0 Å². The number of benzene rings is 2. The number of hydrogen-bond donors (Lipinski definition) is 0. The average Bonchev–Trinajstić information content (AvgIpc) is 3.45. The number of fused-ring (bicyclic) bond motifs is 1. The largest absolute Gasteiger partial charge is 0.463 e. The molecule has 0 bridgehead atoms. The quantitative estimate of drug-likeness (QED) is 0.292. The summed E-state index contributed by atoms with van der Waals surface area (Å²) in [6.45, 7) is 3.68. The highest BCUT2D eigenvalue weighted by Gasteiger charge is 2.35. The second kappa shape index (κ2) is 10.0. The minimum Gasteiger partial charge on any atom is -0.463 e. The summed E-state index contributed by atoms with van der Waals surface area (Å²) in [6.07, 6.45) is 1.79. The first-order chi connectivity index (χ1) is 17.4. The highest BCUT2D eigenvalue weighted by Crippen LogP contribution is 2.34. The Morgan fingerprint density at radius 2 is 1.89 bits per heavy atom. The maximum atomic E-state index is 13.7. The Balaban J connectivity index is 1.68. The van der Waals surface area contributed by atoms with Crippen molar-refractivity contribution >= 4 is 50.9 Å². The molecule has 3 heterocycles. The van der Waals surface area contributed by atoms with Crippen LogP contribution in [0.4, 0.5) is 0 Å². The van der Waals surface area contributed by atoms with Crippen LogP contribution in [0.25, 0.3) is 17.4 Å². The molecule has 0 amide bonds. The van der Waals surface area contributed by atoms with Crippen LogP contribution in [-0.4, -0.2) is 17.1 Å². The number of carbonyl (C=O) groups excluding carboxylic acids is 1. The standard InChI is InChI=1S/C27H20BrClN2O4S/c1-3-34-26(33)23-15(2)30-27-31(25(32)22(36-27)14-16-4-10-19(29)11-5-16)24(23)21-13-12-20(35-21)17-6-8-18(28)9-7-17/h4-14,24H,3H2,1-2H3/b22-14-/t24-/m1/s1. The van der Waals surface area contributed by atoms with Crippen molar-refractivity contribution in [2.75, 3.05) is 6.61 Å². The zero-order valence-electron chi connectivity index (χ0n) is 19.3. The summed E-state index contributed by atoms with van der Waals surface area (Å²) in [4.78, 5) is 31.8. The molecule has 0 unspecified atom stereocenters. The molecule has 0 aliphatic carbocycles. The van der Waals surface area contributed by atoms with Crippen molar-refractivity contribution in [1.82, 2.24) is 4.57 Å². The molecule has 0 saturated heterocycles. The molecule has 0 radical (unpaired) electrons. The van der Waals surface area contributed by atoms with E-state index < -0.39 is 12.0 Å². The van der Waals surface area contributed by atoms with Gasteiger partial charge in [-0.25, -0.2) is 9.79 Å². The van der Waals surface area contributed by atoms with Crippen molar-refractivity contribution in [2.24, 2.45) is 4.99 Å². The Bertz CT molecular complexity index is 1660. The third-order valence-electron chi connectivity index (χ3n) is 5.71. The molecule has 0 spiro atoms. The molecule has 36 heavy (non-hydrogen) atoms. The van der Waals surface area contributed by atoms with Gasteiger partial charge in [0.15, 0.2) is 4.80 Å². The van der Waals surface area contributed by atoms with Crippen molar-refractivity contribution in [3.8, 4) is 11.3 Å². The van der Waals surface area contributed by atoms with E-state index in [0.29, 0.717) is 31.6 Å². The first-order valence-electron chi connectivity index (χ1n) is 11.2. The van der Waals surface area contributed by atoms with Gasteiger partial charge in [-0.05, 0) is 61.9 Å². The molecule has 0 N–H and O–H groups in total. The lowest BCUT2D eigenvalue weighted by atomic mass is 10.0. The molecule has 1 aliphatic rings. The topological polar surface area (TPSA) is 73.8 Å². The SMILES string of the molecule is CCOC(=O)C1=C(C)N=c2s/c(=C\c3ccc(Cl)cc3)c(=O)n2[C@@H]1c1ccc(-c2ccc(Br)cc2)o1. The fourth-order valence-electron chi connectivity index (χ4n) is 4.04. The molecule has 0 fully saturated rings. The number of halogens is 2. The molecule has 4 aromatic rings. The summed E-state index contributed by atoms with van der Waals surface area (Å²) < 4.78 is 14.5. The first-order valence-corrected chi connectivity index (χ1v) is 13.2. The van der Waals surface area contributed by atoms with Gasteiger partial charge in [0, 0.05) is 15.1 Å². The first kappa shape index (κ1) is 24.5. The van der Waals surface area contributed by atoms with Crippen LogP contribution in [0.3, 0.4) is 0 Å². The van der Waals surface area contributed by atoms with Crippen LogP contribution in [0, 0.1) is 0 Å². The molecular weight excluding hydrogens is 564 g/mol. The molecule has 2 aromatic carbocycles. The molecule has 1 atom stereocenters. The van der Waals surface area contributed by atoms with Crippen molar-refractivity contribution in [2.45, 2.75) is 19.9 Å². The highest BCUT2D eigenvalue weighted by atomic mass is 79.9. The van der Waals surface area contributed by atoms with Crippen LogP contribution in [0.2, 0.25) is 5.02 Å². The van der Waals surface area contributed by atoms with Crippen molar-refractivity contribution in [1.29, 1.82) is 0 Å². The number of carbonyl (C=O) groups is 1. The smallest absolute Gasteiger partial charge is 0.338 e. The number of hydrogen-bond acceptors (Lipinski definition) is 6. The van der Waals surface area contributed by atoms with Crippen molar-refractivity contribution < 1.29 is 13.9 Å².